The van der Waals surface area contributed by atoms with Crippen LogP contribution < -0.4 is 4.90 Å². The summed E-state index contributed by atoms with van der Waals surface area (Å²) in [5.41, 5.74) is 0.691. The number of hydrogen-bond acceptors (Lipinski definition) is 6. The number of nitrogens with zero attached hydrogens (tertiary/aromatic N) is 4. The van der Waals surface area contributed by atoms with Gasteiger partial charge in [0.15, 0.2) is 0 Å². The molecule has 0 bridgehead atoms. The topological polar surface area (TPSA) is 69.9 Å². The number of thioether (sulfide) groups is 1. The van der Waals surface area contributed by atoms with Crippen molar-refractivity contribution < 1.29 is 4.79 Å². The average Bonchev–Trinajstić information content (AvgIpc) is 3.09. The van der Waals surface area contributed by atoms with Crippen LogP contribution in [0.5, 0.6) is 0 Å². The van der Waals surface area contributed by atoms with Gasteiger partial charge in [0, 0.05) is 22.6 Å². The maximum absolute atomic E-state index is 12.7. The van der Waals surface area contributed by atoms with Crippen molar-refractivity contribution in [3.8, 4) is 6.07 Å². The SMILES string of the molecule is N#CCCN(C(=O)CSc1ncnc2sccc12)c1cccc(Cl)c1. The normalized spacial score (nSPS) is 10.6. The Hall–Kier alpha value is -2.14. The van der Waals surface area contributed by atoms with Crippen molar-refractivity contribution in [3.05, 3.63) is 47.1 Å². The van der Waals surface area contributed by atoms with Gasteiger partial charge in [0.05, 0.1) is 18.2 Å². The highest BCUT2D eigenvalue weighted by Crippen LogP contribution is 2.28. The van der Waals surface area contributed by atoms with E-state index in [1.54, 1.807) is 34.4 Å². The Labute approximate surface area is 158 Å². The van der Waals surface area contributed by atoms with Gasteiger partial charge >= 0.3 is 0 Å². The van der Waals surface area contributed by atoms with Crippen molar-refractivity contribution in [2.45, 2.75) is 11.4 Å². The Bertz CT molecular complexity index is 938. The summed E-state index contributed by atoms with van der Waals surface area (Å²) in [6, 6.07) is 11.1. The fraction of sp³-hybridized carbons (Fsp3) is 0.176. The lowest BCUT2D eigenvalue weighted by Crippen LogP contribution is -2.33. The van der Waals surface area contributed by atoms with Crippen LogP contribution in [-0.4, -0.2) is 28.2 Å². The number of halogens is 1. The van der Waals surface area contributed by atoms with E-state index in [1.807, 2.05) is 17.5 Å². The number of rotatable bonds is 6. The molecule has 0 fully saturated rings. The van der Waals surface area contributed by atoms with E-state index >= 15 is 0 Å². The van der Waals surface area contributed by atoms with Crippen LogP contribution in [0.3, 0.4) is 0 Å². The third kappa shape index (κ3) is 4.28. The van der Waals surface area contributed by atoms with E-state index in [2.05, 4.69) is 16.0 Å². The number of carbonyl (C=O) groups is 1. The molecule has 0 saturated heterocycles. The second-order valence-electron chi connectivity index (χ2n) is 5.04. The fourth-order valence-electron chi connectivity index (χ4n) is 2.29. The molecule has 0 aliphatic rings. The van der Waals surface area contributed by atoms with Gasteiger partial charge in [0.25, 0.3) is 0 Å². The Morgan fingerprint density at radius 3 is 3.04 bits per heavy atom. The minimum absolute atomic E-state index is 0.0930. The highest BCUT2D eigenvalue weighted by Gasteiger charge is 2.17. The summed E-state index contributed by atoms with van der Waals surface area (Å²) in [6.07, 6.45) is 1.77. The number of nitriles is 1. The maximum atomic E-state index is 12.7. The molecule has 0 N–H and O–H groups in total. The molecular formula is C17H13ClN4OS2. The Balaban J connectivity index is 1.76. The molecule has 5 nitrogen and oxygen atoms in total. The third-order valence-electron chi connectivity index (χ3n) is 3.43. The number of fused-ring (bicyclic) bond motifs is 1. The third-order valence-corrected chi connectivity index (χ3v) is 5.47. The van der Waals surface area contributed by atoms with Crippen molar-refractivity contribution in [1.29, 1.82) is 5.26 Å². The van der Waals surface area contributed by atoms with Crippen LogP contribution in [0.4, 0.5) is 5.69 Å². The predicted octanol–water partition coefficient (Wildman–Crippen LogP) is 4.38. The first-order valence-corrected chi connectivity index (χ1v) is 9.67. The molecule has 1 amide bonds. The lowest BCUT2D eigenvalue weighted by molar-refractivity contribution is -0.116. The van der Waals surface area contributed by atoms with Crippen molar-refractivity contribution in [2.75, 3.05) is 17.2 Å². The number of aromatic nitrogens is 2. The van der Waals surface area contributed by atoms with Gasteiger partial charge in [-0.25, -0.2) is 9.97 Å². The summed E-state index contributed by atoms with van der Waals surface area (Å²) < 4.78 is 0. The zero-order valence-corrected chi connectivity index (χ0v) is 15.4. The number of amides is 1. The van der Waals surface area contributed by atoms with Gasteiger partial charge < -0.3 is 4.90 Å². The molecule has 0 atom stereocenters. The molecule has 2 aromatic heterocycles. The van der Waals surface area contributed by atoms with Gasteiger partial charge in [-0.15, -0.1) is 11.3 Å². The van der Waals surface area contributed by atoms with E-state index < -0.39 is 0 Å². The van der Waals surface area contributed by atoms with Gasteiger partial charge in [0.2, 0.25) is 5.91 Å². The molecule has 0 radical (unpaired) electrons. The van der Waals surface area contributed by atoms with Crippen LogP contribution >= 0.6 is 34.7 Å². The van der Waals surface area contributed by atoms with Crippen LogP contribution in [0, 0.1) is 11.3 Å². The molecule has 0 saturated carbocycles. The molecule has 2 heterocycles. The van der Waals surface area contributed by atoms with E-state index in [1.165, 1.54) is 18.1 Å². The second-order valence-corrected chi connectivity index (χ2v) is 7.34. The predicted molar refractivity (Wildman–Crippen MR) is 102 cm³/mol. The van der Waals surface area contributed by atoms with Gasteiger partial charge in [-0.1, -0.05) is 29.4 Å². The van der Waals surface area contributed by atoms with Crippen molar-refractivity contribution in [1.82, 2.24) is 9.97 Å². The van der Waals surface area contributed by atoms with Crippen LogP contribution in [0.2, 0.25) is 5.02 Å². The molecule has 0 spiro atoms. The summed E-state index contributed by atoms with van der Waals surface area (Å²) in [4.78, 5) is 23.7. The quantitative estimate of drug-likeness (QED) is 0.462. The number of hydrogen-bond donors (Lipinski definition) is 0. The summed E-state index contributed by atoms with van der Waals surface area (Å²) in [7, 11) is 0. The zero-order chi connectivity index (χ0) is 17.6. The second kappa shape index (κ2) is 8.30. The molecular weight excluding hydrogens is 376 g/mol. The smallest absolute Gasteiger partial charge is 0.237 e. The summed E-state index contributed by atoms with van der Waals surface area (Å²) in [6.45, 7) is 0.327. The van der Waals surface area contributed by atoms with Crippen molar-refractivity contribution >= 4 is 56.5 Å². The Morgan fingerprint density at radius 2 is 2.24 bits per heavy atom. The molecule has 0 aliphatic heterocycles. The zero-order valence-electron chi connectivity index (χ0n) is 13.1. The van der Waals surface area contributed by atoms with Crippen LogP contribution in [0.25, 0.3) is 10.2 Å². The van der Waals surface area contributed by atoms with Crippen LogP contribution in [-0.2, 0) is 4.79 Å². The maximum Gasteiger partial charge on any atom is 0.237 e. The standard InChI is InChI=1S/C17H13ClN4OS2/c18-12-3-1-4-13(9-12)22(7-2-6-19)15(23)10-25-17-14-5-8-24-16(14)20-11-21-17/h1,3-5,8-9,11H,2,7,10H2. The van der Waals surface area contributed by atoms with Gasteiger partial charge in [-0.05, 0) is 29.6 Å². The Morgan fingerprint density at radius 1 is 1.36 bits per heavy atom. The molecule has 0 aliphatic carbocycles. The molecule has 126 valence electrons. The summed E-state index contributed by atoms with van der Waals surface area (Å²) in [5, 5.41) is 13.1. The van der Waals surface area contributed by atoms with Crippen molar-refractivity contribution in [3.63, 3.8) is 0 Å². The summed E-state index contributed by atoms with van der Waals surface area (Å²) >= 11 is 8.94. The van der Waals surface area contributed by atoms with E-state index in [9.17, 15) is 4.79 Å². The Kier molecular flexibility index (Phi) is 5.87. The van der Waals surface area contributed by atoms with E-state index in [0.29, 0.717) is 17.3 Å². The van der Waals surface area contributed by atoms with Gasteiger partial charge in [0.1, 0.15) is 16.2 Å². The molecule has 8 heteroatoms. The first kappa shape index (κ1) is 17.7. The first-order chi connectivity index (χ1) is 12.2. The number of anilines is 1. The van der Waals surface area contributed by atoms with E-state index in [4.69, 9.17) is 16.9 Å². The highest BCUT2D eigenvalue weighted by atomic mass is 35.5. The molecule has 3 aromatic rings. The highest BCUT2D eigenvalue weighted by molar-refractivity contribution is 8.00. The minimum atomic E-state index is -0.0930. The molecule has 0 unspecified atom stereocenters. The number of carbonyl (C=O) groups excluding carboxylic acids is 1. The van der Waals surface area contributed by atoms with E-state index in [-0.39, 0.29) is 18.1 Å². The van der Waals surface area contributed by atoms with Gasteiger partial charge in [-0.3, -0.25) is 4.79 Å². The average molecular weight is 389 g/mol. The molecule has 25 heavy (non-hydrogen) atoms. The lowest BCUT2D eigenvalue weighted by atomic mass is 10.2. The van der Waals surface area contributed by atoms with E-state index in [0.717, 1.165) is 15.2 Å². The minimum Gasteiger partial charge on any atom is -0.311 e. The first-order valence-electron chi connectivity index (χ1n) is 7.43. The lowest BCUT2D eigenvalue weighted by Gasteiger charge is -2.21. The largest absolute Gasteiger partial charge is 0.311 e. The summed E-state index contributed by atoms with van der Waals surface area (Å²) in [5.74, 6) is 0.129. The molecule has 3 rings (SSSR count). The van der Waals surface area contributed by atoms with Gasteiger partial charge in [-0.2, -0.15) is 5.26 Å². The fourth-order valence-corrected chi connectivity index (χ4v) is 4.13. The van der Waals surface area contributed by atoms with Crippen LogP contribution in [0.1, 0.15) is 6.42 Å². The number of benzene rings is 1. The van der Waals surface area contributed by atoms with Crippen molar-refractivity contribution in [2.24, 2.45) is 0 Å². The number of thiophene rings is 1. The molecule has 1 aromatic carbocycles. The van der Waals surface area contributed by atoms with Crippen LogP contribution in [0.15, 0.2) is 47.1 Å². The monoisotopic (exact) mass is 388 g/mol.